The second-order valence-corrected chi connectivity index (χ2v) is 3.83. The zero-order valence-electron chi connectivity index (χ0n) is 8.39. The third kappa shape index (κ3) is 3.10. The first-order chi connectivity index (χ1) is 7.36. The minimum Gasteiger partial charge on any atom is -0.330 e. The zero-order chi connectivity index (χ0) is 12.3. The molecule has 0 spiro atoms. The molecule has 1 rings (SSSR count). The van der Waals surface area contributed by atoms with Crippen LogP contribution in [0.3, 0.4) is 0 Å². The zero-order valence-corrected chi connectivity index (χ0v) is 9.15. The van der Waals surface area contributed by atoms with Crippen LogP contribution in [-0.4, -0.2) is 6.54 Å². The fraction of sp³-hybridized carbons (Fsp3) is 0.400. The van der Waals surface area contributed by atoms with Gasteiger partial charge in [-0.2, -0.15) is 13.2 Å². The van der Waals surface area contributed by atoms with Crippen LogP contribution in [0.1, 0.15) is 23.6 Å². The van der Waals surface area contributed by atoms with E-state index in [0.29, 0.717) is 13.0 Å². The third-order valence-corrected chi connectivity index (χ3v) is 2.54. The number of nitrogens with two attached hydrogens (primary N) is 2. The van der Waals surface area contributed by atoms with Crippen molar-refractivity contribution in [3.63, 3.8) is 0 Å². The maximum atomic E-state index is 12.4. The van der Waals surface area contributed by atoms with Crippen molar-refractivity contribution < 1.29 is 13.2 Å². The van der Waals surface area contributed by atoms with Gasteiger partial charge in [0.2, 0.25) is 0 Å². The molecule has 16 heavy (non-hydrogen) atoms. The summed E-state index contributed by atoms with van der Waals surface area (Å²) in [6, 6.07) is 2.54. The van der Waals surface area contributed by atoms with E-state index in [1.54, 1.807) is 0 Å². The standard InChI is InChI=1S/C10H12ClF3N2/c11-8-2-1-6(10(12,13)14)5-7(8)9(16)3-4-15/h1-2,5,9H,3-4,15-16H2/t9-/m1/s1. The molecule has 0 aliphatic carbocycles. The molecule has 4 N–H and O–H groups in total. The van der Waals surface area contributed by atoms with Crippen LogP contribution in [0, 0.1) is 0 Å². The van der Waals surface area contributed by atoms with Gasteiger partial charge in [0.1, 0.15) is 0 Å². The monoisotopic (exact) mass is 252 g/mol. The molecule has 0 bridgehead atoms. The lowest BCUT2D eigenvalue weighted by Gasteiger charge is -2.15. The van der Waals surface area contributed by atoms with Crippen molar-refractivity contribution in [1.82, 2.24) is 0 Å². The van der Waals surface area contributed by atoms with Crippen molar-refractivity contribution in [1.29, 1.82) is 0 Å². The molecule has 0 radical (unpaired) electrons. The van der Waals surface area contributed by atoms with E-state index in [0.717, 1.165) is 12.1 Å². The van der Waals surface area contributed by atoms with Crippen molar-refractivity contribution in [3.8, 4) is 0 Å². The highest BCUT2D eigenvalue weighted by Crippen LogP contribution is 2.33. The summed E-state index contributed by atoms with van der Waals surface area (Å²) in [5.74, 6) is 0. The highest BCUT2D eigenvalue weighted by Gasteiger charge is 2.31. The molecule has 0 aromatic heterocycles. The van der Waals surface area contributed by atoms with E-state index in [1.807, 2.05) is 0 Å². The fourth-order valence-electron chi connectivity index (χ4n) is 1.34. The second-order valence-electron chi connectivity index (χ2n) is 3.42. The predicted octanol–water partition coefficient (Wildman–Crippen LogP) is 2.71. The molecule has 1 aromatic rings. The Bertz CT molecular complexity index is 366. The van der Waals surface area contributed by atoms with Crippen LogP contribution in [0.5, 0.6) is 0 Å². The number of halogens is 4. The smallest absolute Gasteiger partial charge is 0.330 e. The van der Waals surface area contributed by atoms with E-state index in [9.17, 15) is 13.2 Å². The van der Waals surface area contributed by atoms with E-state index in [4.69, 9.17) is 23.1 Å². The summed E-state index contributed by atoms with van der Waals surface area (Å²) in [4.78, 5) is 0. The first-order valence-corrected chi connectivity index (χ1v) is 5.06. The van der Waals surface area contributed by atoms with Gasteiger partial charge in [0.25, 0.3) is 0 Å². The van der Waals surface area contributed by atoms with Gasteiger partial charge in [-0.1, -0.05) is 11.6 Å². The summed E-state index contributed by atoms with van der Waals surface area (Å²) in [5.41, 5.74) is 10.5. The Hall–Kier alpha value is -0.780. The molecule has 0 aliphatic rings. The Kier molecular flexibility index (Phi) is 4.18. The van der Waals surface area contributed by atoms with Crippen LogP contribution >= 0.6 is 11.6 Å². The van der Waals surface area contributed by atoms with Crippen molar-refractivity contribution in [3.05, 3.63) is 34.3 Å². The number of hydrogen-bond donors (Lipinski definition) is 2. The molecule has 0 unspecified atom stereocenters. The topological polar surface area (TPSA) is 52.0 Å². The van der Waals surface area contributed by atoms with Gasteiger partial charge in [0.15, 0.2) is 0 Å². The maximum absolute atomic E-state index is 12.4. The molecule has 0 saturated carbocycles. The van der Waals surface area contributed by atoms with Crippen molar-refractivity contribution in [2.24, 2.45) is 11.5 Å². The number of benzene rings is 1. The normalized spacial score (nSPS) is 13.9. The van der Waals surface area contributed by atoms with Gasteiger partial charge in [-0.15, -0.1) is 0 Å². The van der Waals surface area contributed by atoms with Gasteiger partial charge < -0.3 is 11.5 Å². The molecular weight excluding hydrogens is 241 g/mol. The Morgan fingerprint density at radius 1 is 1.31 bits per heavy atom. The number of alkyl halides is 3. The first kappa shape index (κ1) is 13.3. The molecule has 6 heteroatoms. The van der Waals surface area contributed by atoms with Crippen molar-refractivity contribution in [2.45, 2.75) is 18.6 Å². The van der Waals surface area contributed by atoms with Gasteiger partial charge in [-0.25, -0.2) is 0 Å². The lowest BCUT2D eigenvalue weighted by atomic mass is 10.0. The van der Waals surface area contributed by atoms with Gasteiger partial charge in [0.05, 0.1) is 5.56 Å². The maximum Gasteiger partial charge on any atom is 0.416 e. The largest absolute Gasteiger partial charge is 0.416 e. The summed E-state index contributed by atoms with van der Waals surface area (Å²) in [6.07, 6.45) is -4.00. The predicted molar refractivity (Wildman–Crippen MR) is 57.1 cm³/mol. The minimum absolute atomic E-state index is 0.231. The summed E-state index contributed by atoms with van der Waals surface area (Å²) >= 11 is 5.79. The fourth-order valence-corrected chi connectivity index (χ4v) is 1.60. The average molecular weight is 253 g/mol. The van der Waals surface area contributed by atoms with Gasteiger partial charge in [0, 0.05) is 11.1 Å². The van der Waals surface area contributed by atoms with Crippen LogP contribution in [0.2, 0.25) is 5.02 Å². The minimum atomic E-state index is -4.39. The van der Waals surface area contributed by atoms with Crippen LogP contribution in [-0.2, 0) is 6.18 Å². The summed E-state index contributed by atoms with van der Waals surface area (Å²) in [5, 5.41) is 0.231. The Morgan fingerprint density at radius 3 is 2.44 bits per heavy atom. The van der Waals surface area contributed by atoms with Crippen LogP contribution < -0.4 is 11.5 Å². The lowest BCUT2D eigenvalue weighted by molar-refractivity contribution is -0.137. The van der Waals surface area contributed by atoms with E-state index in [-0.39, 0.29) is 10.6 Å². The second kappa shape index (κ2) is 5.03. The Labute approximate surface area is 96.4 Å². The Morgan fingerprint density at radius 2 is 1.94 bits per heavy atom. The molecule has 2 nitrogen and oxygen atoms in total. The molecular formula is C10H12ClF3N2. The SMILES string of the molecule is NCC[C@@H](N)c1cc(C(F)(F)F)ccc1Cl. The molecule has 0 heterocycles. The Balaban J connectivity index is 3.09. The molecule has 0 fully saturated rings. The van der Waals surface area contributed by atoms with Crippen LogP contribution in [0.15, 0.2) is 18.2 Å². The summed E-state index contributed by atoms with van der Waals surface area (Å²) in [7, 11) is 0. The van der Waals surface area contributed by atoms with Crippen molar-refractivity contribution >= 4 is 11.6 Å². The lowest BCUT2D eigenvalue weighted by Crippen LogP contribution is -2.17. The van der Waals surface area contributed by atoms with Crippen molar-refractivity contribution in [2.75, 3.05) is 6.54 Å². The molecule has 90 valence electrons. The highest BCUT2D eigenvalue weighted by molar-refractivity contribution is 6.31. The quantitative estimate of drug-likeness (QED) is 0.869. The molecule has 0 aliphatic heterocycles. The van der Waals surface area contributed by atoms with Gasteiger partial charge in [-0.3, -0.25) is 0 Å². The summed E-state index contributed by atoms with van der Waals surface area (Å²) < 4.78 is 37.3. The van der Waals surface area contributed by atoms with E-state index >= 15 is 0 Å². The van der Waals surface area contributed by atoms with Crippen LogP contribution in [0.4, 0.5) is 13.2 Å². The molecule has 1 aromatic carbocycles. The van der Waals surface area contributed by atoms with Gasteiger partial charge in [-0.05, 0) is 36.7 Å². The molecule has 1 atom stereocenters. The highest BCUT2D eigenvalue weighted by atomic mass is 35.5. The third-order valence-electron chi connectivity index (χ3n) is 2.20. The summed E-state index contributed by atoms with van der Waals surface area (Å²) in [6.45, 7) is 0.299. The van der Waals surface area contributed by atoms with E-state index in [2.05, 4.69) is 0 Å². The van der Waals surface area contributed by atoms with E-state index in [1.165, 1.54) is 6.07 Å². The van der Waals surface area contributed by atoms with Gasteiger partial charge >= 0.3 is 6.18 Å². The number of hydrogen-bond acceptors (Lipinski definition) is 2. The molecule has 0 amide bonds. The number of rotatable bonds is 3. The average Bonchev–Trinajstić information content (AvgIpc) is 2.16. The van der Waals surface area contributed by atoms with E-state index < -0.39 is 17.8 Å². The molecule has 0 saturated heterocycles. The van der Waals surface area contributed by atoms with Crippen LogP contribution in [0.25, 0.3) is 0 Å². The first-order valence-electron chi connectivity index (χ1n) is 4.68.